The Bertz CT molecular complexity index is 883. The molecule has 128 valence electrons. The van der Waals surface area contributed by atoms with E-state index < -0.39 is 5.91 Å². The summed E-state index contributed by atoms with van der Waals surface area (Å²) in [6.45, 7) is 6.44. The highest BCUT2D eigenvalue weighted by Crippen LogP contribution is 2.24. The van der Waals surface area contributed by atoms with Crippen LogP contribution in [0.5, 0.6) is 0 Å². The molecule has 6 nitrogen and oxygen atoms in total. The second kappa shape index (κ2) is 7.17. The van der Waals surface area contributed by atoms with Gasteiger partial charge in [0.25, 0.3) is 18.3 Å². The highest BCUT2D eigenvalue weighted by atomic mass is 16.5. The third-order valence-electron chi connectivity index (χ3n) is 4.18. The molecule has 25 heavy (non-hydrogen) atoms. The van der Waals surface area contributed by atoms with E-state index in [0.717, 1.165) is 29.4 Å². The smallest absolute Gasteiger partial charge is 0.299 e. The lowest BCUT2D eigenvalue weighted by Crippen LogP contribution is -2.21. The van der Waals surface area contributed by atoms with Crippen LogP contribution in [-0.2, 0) is 14.3 Å². The number of hydrogen-bond donors (Lipinski definition) is 1. The zero-order chi connectivity index (χ0) is 17.8. The number of benzene rings is 2. The summed E-state index contributed by atoms with van der Waals surface area (Å²) in [5.41, 5.74) is 4.53. The van der Waals surface area contributed by atoms with Gasteiger partial charge in [-0.25, -0.2) is 5.43 Å². The molecule has 0 radical (unpaired) electrons. The maximum absolute atomic E-state index is 11.8. The molecule has 0 unspecified atom stereocenters. The molecule has 0 saturated heterocycles. The van der Waals surface area contributed by atoms with Crippen LogP contribution in [0.4, 0.5) is 5.69 Å². The van der Waals surface area contributed by atoms with Gasteiger partial charge < -0.3 is 9.64 Å². The van der Waals surface area contributed by atoms with Gasteiger partial charge >= 0.3 is 0 Å². The quantitative estimate of drug-likeness (QED) is 0.673. The van der Waals surface area contributed by atoms with Crippen LogP contribution < -0.4 is 10.3 Å². The molecule has 0 bridgehead atoms. The second-order valence-corrected chi connectivity index (χ2v) is 5.59. The van der Waals surface area contributed by atoms with Crippen LogP contribution in [0, 0.1) is 0 Å². The molecule has 0 aliphatic carbocycles. The molecule has 0 spiro atoms. The zero-order valence-electron chi connectivity index (χ0n) is 14.2. The monoisotopic (exact) mass is 337 g/mol. The number of carbonyl (C=O) groups is 2. The van der Waals surface area contributed by atoms with Crippen molar-refractivity contribution in [3.05, 3.63) is 47.5 Å². The van der Waals surface area contributed by atoms with Gasteiger partial charge in [0.2, 0.25) is 0 Å². The van der Waals surface area contributed by atoms with E-state index >= 15 is 0 Å². The fourth-order valence-corrected chi connectivity index (χ4v) is 2.88. The Labute approximate surface area is 145 Å². The van der Waals surface area contributed by atoms with Crippen LogP contribution in [0.2, 0.25) is 0 Å². The summed E-state index contributed by atoms with van der Waals surface area (Å²) < 4.78 is 4.72. The van der Waals surface area contributed by atoms with E-state index in [-0.39, 0.29) is 17.9 Å². The fraction of sp³-hybridized carbons (Fsp3) is 0.211. The van der Waals surface area contributed by atoms with Gasteiger partial charge in [-0.1, -0.05) is 18.2 Å². The van der Waals surface area contributed by atoms with Crippen LogP contribution in [-0.4, -0.2) is 31.4 Å². The van der Waals surface area contributed by atoms with Gasteiger partial charge in [-0.05, 0) is 54.5 Å². The van der Waals surface area contributed by atoms with Crippen molar-refractivity contribution in [3.8, 4) is 0 Å². The number of fused-ring (bicyclic) bond motifs is 1. The van der Waals surface area contributed by atoms with Gasteiger partial charge in [-0.2, -0.15) is 0 Å². The Balaban J connectivity index is 1.95. The molecule has 1 aliphatic rings. The van der Waals surface area contributed by atoms with E-state index in [2.05, 4.69) is 47.5 Å². The summed E-state index contributed by atoms with van der Waals surface area (Å²) in [6, 6.07) is 12.2. The Morgan fingerprint density at radius 1 is 1.12 bits per heavy atom. The van der Waals surface area contributed by atoms with E-state index in [1.807, 2.05) is 18.2 Å². The standard InChI is InChI=1S/C19H19N3O3/c1-3-22(4-2)16-8-7-14-9-13(5-6-15(14)11-16)10-17-18(24)20-21-19(17)25-12-23/h5-12H,3-4H2,1-2H3,(H,20,24). The minimum Gasteiger partial charge on any atom is -0.407 e. The van der Waals surface area contributed by atoms with Gasteiger partial charge in [0.05, 0.1) is 0 Å². The van der Waals surface area contributed by atoms with E-state index in [1.165, 1.54) is 5.69 Å². The highest BCUT2D eigenvalue weighted by molar-refractivity contribution is 6.25. The van der Waals surface area contributed by atoms with Gasteiger partial charge in [-0.15, -0.1) is 5.10 Å². The highest BCUT2D eigenvalue weighted by Gasteiger charge is 2.24. The molecule has 1 N–H and O–H groups in total. The summed E-state index contributed by atoms with van der Waals surface area (Å²) in [4.78, 5) is 24.6. The van der Waals surface area contributed by atoms with Crippen LogP contribution in [0.15, 0.2) is 47.1 Å². The zero-order valence-corrected chi connectivity index (χ0v) is 14.2. The molecule has 0 aromatic heterocycles. The number of ether oxygens (including phenoxy) is 1. The second-order valence-electron chi connectivity index (χ2n) is 5.59. The molecule has 2 aromatic carbocycles. The van der Waals surface area contributed by atoms with Crippen molar-refractivity contribution in [1.29, 1.82) is 0 Å². The van der Waals surface area contributed by atoms with Crippen molar-refractivity contribution in [2.24, 2.45) is 5.10 Å². The normalized spacial score (nSPS) is 15.2. The molecule has 6 heteroatoms. The molecular formula is C19H19N3O3. The Morgan fingerprint density at radius 2 is 1.84 bits per heavy atom. The summed E-state index contributed by atoms with van der Waals surface area (Å²) in [7, 11) is 0. The number of nitrogens with one attached hydrogen (secondary N) is 1. The molecule has 1 heterocycles. The Morgan fingerprint density at radius 3 is 2.56 bits per heavy atom. The number of carbonyl (C=O) groups excluding carboxylic acids is 2. The Kier molecular flexibility index (Phi) is 4.79. The lowest BCUT2D eigenvalue weighted by Gasteiger charge is -2.21. The van der Waals surface area contributed by atoms with Crippen molar-refractivity contribution in [2.75, 3.05) is 18.0 Å². The average molecular weight is 337 g/mol. The van der Waals surface area contributed by atoms with Gasteiger partial charge in [0.1, 0.15) is 5.57 Å². The van der Waals surface area contributed by atoms with Crippen LogP contribution in [0.1, 0.15) is 19.4 Å². The number of amides is 1. The number of nitrogens with zero attached hydrogens (tertiary/aromatic N) is 2. The summed E-state index contributed by atoms with van der Waals surface area (Å²) >= 11 is 0. The lowest BCUT2D eigenvalue weighted by atomic mass is 10.0. The summed E-state index contributed by atoms with van der Waals surface area (Å²) in [5.74, 6) is -0.411. The molecule has 1 aliphatic heterocycles. The molecule has 0 saturated carbocycles. The predicted molar refractivity (Wildman–Crippen MR) is 98.2 cm³/mol. The summed E-state index contributed by atoms with van der Waals surface area (Å²) in [5, 5.41) is 5.88. The van der Waals surface area contributed by atoms with Crippen molar-refractivity contribution >= 4 is 40.8 Å². The molecule has 2 aromatic rings. The van der Waals surface area contributed by atoms with E-state index in [1.54, 1.807) is 6.08 Å². The average Bonchev–Trinajstić information content (AvgIpc) is 2.96. The third-order valence-corrected chi connectivity index (χ3v) is 4.18. The van der Waals surface area contributed by atoms with Crippen LogP contribution in [0.25, 0.3) is 16.8 Å². The maximum atomic E-state index is 11.8. The van der Waals surface area contributed by atoms with E-state index in [4.69, 9.17) is 4.74 Å². The molecule has 0 atom stereocenters. The third kappa shape index (κ3) is 3.38. The first-order chi connectivity index (χ1) is 12.2. The number of hydrogen-bond acceptors (Lipinski definition) is 5. The number of anilines is 1. The number of hydrazone groups is 1. The van der Waals surface area contributed by atoms with Crippen molar-refractivity contribution < 1.29 is 14.3 Å². The van der Waals surface area contributed by atoms with Crippen molar-refractivity contribution in [2.45, 2.75) is 13.8 Å². The van der Waals surface area contributed by atoms with Crippen molar-refractivity contribution in [1.82, 2.24) is 5.43 Å². The molecule has 1 amide bonds. The minimum atomic E-state index is -0.395. The van der Waals surface area contributed by atoms with E-state index in [9.17, 15) is 9.59 Å². The fourth-order valence-electron chi connectivity index (χ4n) is 2.88. The Hall–Kier alpha value is -3.15. The first kappa shape index (κ1) is 16.7. The maximum Gasteiger partial charge on any atom is 0.299 e. The SMILES string of the molecule is CCN(CC)c1ccc2cc(C=C3C(=O)NN=C3OC=O)ccc2c1. The van der Waals surface area contributed by atoms with Gasteiger partial charge in [0.15, 0.2) is 0 Å². The lowest BCUT2D eigenvalue weighted by molar-refractivity contribution is -0.121. The minimum absolute atomic E-state index is 0.0167. The molecule has 3 rings (SSSR count). The predicted octanol–water partition coefficient (Wildman–Crippen LogP) is 2.69. The molecule has 0 fully saturated rings. The van der Waals surface area contributed by atoms with E-state index in [0.29, 0.717) is 0 Å². The number of rotatable bonds is 5. The van der Waals surface area contributed by atoms with Gasteiger partial charge in [-0.3, -0.25) is 9.59 Å². The topological polar surface area (TPSA) is 71.0 Å². The van der Waals surface area contributed by atoms with Crippen LogP contribution in [0.3, 0.4) is 0 Å². The van der Waals surface area contributed by atoms with Crippen molar-refractivity contribution in [3.63, 3.8) is 0 Å². The van der Waals surface area contributed by atoms with Crippen LogP contribution >= 0.6 is 0 Å². The largest absolute Gasteiger partial charge is 0.407 e. The summed E-state index contributed by atoms with van der Waals surface area (Å²) in [6.07, 6.45) is 1.66. The first-order valence-corrected chi connectivity index (χ1v) is 8.15. The van der Waals surface area contributed by atoms with Gasteiger partial charge in [0, 0.05) is 18.8 Å². The first-order valence-electron chi connectivity index (χ1n) is 8.15. The molecular weight excluding hydrogens is 318 g/mol.